The lowest BCUT2D eigenvalue weighted by atomic mass is 10.1. The number of halogens is 1. The minimum Gasteiger partial charge on any atom is -0.472 e. The lowest BCUT2D eigenvalue weighted by molar-refractivity contribution is -0.120. The molecule has 0 aliphatic heterocycles. The zero-order valence-corrected chi connectivity index (χ0v) is 9.15. The van der Waals surface area contributed by atoms with Gasteiger partial charge in [-0.2, -0.15) is 0 Å². The van der Waals surface area contributed by atoms with Gasteiger partial charge in [-0.3, -0.25) is 4.79 Å². The Hall–Kier alpha value is -2.10. The highest BCUT2D eigenvalue weighted by molar-refractivity contribution is 5.78. The van der Waals surface area contributed by atoms with Crippen molar-refractivity contribution < 1.29 is 13.6 Å². The molecule has 1 aromatic heterocycles. The summed E-state index contributed by atoms with van der Waals surface area (Å²) in [5.74, 6) is -0.398. The molecule has 2 aromatic rings. The van der Waals surface area contributed by atoms with Gasteiger partial charge in [-0.1, -0.05) is 12.1 Å². The van der Waals surface area contributed by atoms with Crippen LogP contribution in [0.4, 0.5) is 4.39 Å². The zero-order valence-electron chi connectivity index (χ0n) is 9.15. The third-order valence-electron chi connectivity index (χ3n) is 2.35. The molecule has 0 bridgehead atoms. The van der Waals surface area contributed by atoms with Crippen LogP contribution in [0.3, 0.4) is 0 Å². The number of carbonyl (C=O) groups is 1. The molecule has 0 aliphatic carbocycles. The summed E-state index contributed by atoms with van der Waals surface area (Å²) < 4.78 is 17.5. The Morgan fingerprint density at radius 3 is 2.59 bits per heavy atom. The summed E-state index contributed by atoms with van der Waals surface area (Å²) in [5, 5.41) is 2.76. The van der Waals surface area contributed by atoms with Crippen molar-refractivity contribution in [2.45, 2.75) is 13.0 Å². The van der Waals surface area contributed by atoms with E-state index in [1.165, 1.54) is 12.1 Å². The highest BCUT2D eigenvalue weighted by Gasteiger charge is 2.03. The van der Waals surface area contributed by atoms with Crippen molar-refractivity contribution in [3.63, 3.8) is 0 Å². The number of hydrogen-bond acceptors (Lipinski definition) is 2. The molecule has 0 atom stereocenters. The van der Waals surface area contributed by atoms with E-state index in [-0.39, 0.29) is 18.1 Å². The van der Waals surface area contributed by atoms with Crippen LogP contribution in [0.25, 0.3) is 0 Å². The number of amides is 1. The third kappa shape index (κ3) is 3.45. The van der Waals surface area contributed by atoms with E-state index in [0.717, 1.165) is 11.1 Å². The summed E-state index contributed by atoms with van der Waals surface area (Å²) in [7, 11) is 0. The smallest absolute Gasteiger partial charge is 0.224 e. The Labute approximate surface area is 98.3 Å². The molecule has 1 N–H and O–H groups in total. The van der Waals surface area contributed by atoms with Crippen LogP contribution in [0.1, 0.15) is 11.1 Å². The van der Waals surface area contributed by atoms with Gasteiger partial charge in [-0.15, -0.1) is 0 Å². The molecule has 1 heterocycles. The highest BCUT2D eigenvalue weighted by Crippen LogP contribution is 2.04. The number of rotatable bonds is 4. The van der Waals surface area contributed by atoms with Crippen molar-refractivity contribution in [3.8, 4) is 0 Å². The molecule has 1 amide bonds. The lowest BCUT2D eigenvalue weighted by Crippen LogP contribution is -2.24. The van der Waals surface area contributed by atoms with Crippen LogP contribution in [0, 0.1) is 5.82 Å². The van der Waals surface area contributed by atoms with Gasteiger partial charge >= 0.3 is 0 Å². The normalized spacial score (nSPS) is 10.2. The third-order valence-corrected chi connectivity index (χ3v) is 2.35. The Balaban J connectivity index is 1.83. The lowest BCUT2D eigenvalue weighted by Gasteiger charge is -2.03. The second-order valence-electron chi connectivity index (χ2n) is 3.71. The van der Waals surface area contributed by atoms with Gasteiger partial charge in [0.05, 0.1) is 18.9 Å². The van der Waals surface area contributed by atoms with E-state index < -0.39 is 0 Å². The minimum atomic E-state index is -0.299. The largest absolute Gasteiger partial charge is 0.472 e. The molecule has 0 saturated heterocycles. The second-order valence-corrected chi connectivity index (χ2v) is 3.71. The van der Waals surface area contributed by atoms with E-state index in [9.17, 15) is 9.18 Å². The fourth-order valence-electron chi connectivity index (χ4n) is 1.44. The molecule has 88 valence electrons. The van der Waals surface area contributed by atoms with Crippen LogP contribution in [0.5, 0.6) is 0 Å². The summed E-state index contributed by atoms with van der Waals surface area (Å²) in [6, 6.07) is 7.69. The van der Waals surface area contributed by atoms with E-state index >= 15 is 0 Å². The maximum atomic E-state index is 12.6. The number of carbonyl (C=O) groups excluding carboxylic acids is 1. The molecular weight excluding hydrogens is 221 g/mol. The molecule has 4 heteroatoms. The van der Waals surface area contributed by atoms with Crippen molar-refractivity contribution >= 4 is 5.91 Å². The van der Waals surface area contributed by atoms with E-state index in [1.54, 1.807) is 30.7 Å². The van der Waals surface area contributed by atoms with E-state index in [0.29, 0.717) is 6.54 Å². The summed E-state index contributed by atoms with van der Waals surface area (Å²) in [6.07, 6.45) is 3.39. The fraction of sp³-hybridized carbons (Fsp3) is 0.154. The number of nitrogens with one attached hydrogen (secondary N) is 1. The van der Waals surface area contributed by atoms with Crippen LogP contribution in [-0.4, -0.2) is 5.91 Å². The summed E-state index contributed by atoms with van der Waals surface area (Å²) >= 11 is 0. The Morgan fingerprint density at radius 2 is 1.94 bits per heavy atom. The van der Waals surface area contributed by atoms with Gasteiger partial charge in [0.25, 0.3) is 0 Å². The predicted octanol–water partition coefficient (Wildman–Crippen LogP) is 2.28. The van der Waals surface area contributed by atoms with Crippen LogP contribution < -0.4 is 5.32 Å². The van der Waals surface area contributed by atoms with Crippen molar-refractivity contribution in [1.29, 1.82) is 0 Å². The Bertz CT molecular complexity index is 477. The SMILES string of the molecule is O=C(Cc1ccc(F)cc1)NCc1ccoc1. The minimum absolute atomic E-state index is 0.0993. The fourth-order valence-corrected chi connectivity index (χ4v) is 1.44. The van der Waals surface area contributed by atoms with Gasteiger partial charge in [-0.05, 0) is 23.8 Å². The van der Waals surface area contributed by atoms with Crippen molar-refractivity contribution in [2.75, 3.05) is 0 Å². The zero-order chi connectivity index (χ0) is 12.1. The van der Waals surface area contributed by atoms with Crippen molar-refractivity contribution in [1.82, 2.24) is 5.32 Å². The van der Waals surface area contributed by atoms with E-state index in [2.05, 4.69) is 5.32 Å². The molecule has 17 heavy (non-hydrogen) atoms. The monoisotopic (exact) mass is 233 g/mol. The highest BCUT2D eigenvalue weighted by atomic mass is 19.1. The van der Waals surface area contributed by atoms with E-state index in [1.807, 2.05) is 0 Å². The first-order valence-electron chi connectivity index (χ1n) is 5.26. The second kappa shape index (κ2) is 5.30. The van der Waals surface area contributed by atoms with E-state index in [4.69, 9.17) is 4.42 Å². The molecule has 0 fully saturated rings. The molecule has 1 aromatic carbocycles. The summed E-state index contributed by atoms with van der Waals surface area (Å²) in [4.78, 5) is 11.6. The molecule has 0 spiro atoms. The number of furan rings is 1. The van der Waals surface area contributed by atoms with Gasteiger partial charge in [0, 0.05) is 12.1 Å². The summed E-state index contributed by atoms with van der Waals surface area (Å²) in [5.41, 5.74) is 1.70. The quantitative estimate of drug-likeness (QED) is 0.880. The van der Waals surface area contributed by atoms with Crippen LogP contribution in [0.15, 0.2) is 47.3 Å². The Kier molecular flexibility index (Phi) is 3.55. The van der Waals surface area contributed by atoms with Gasteiger partial charge in [0.2, 0.25) is 5.91 Å². The Morgan fingerprint density at radius 1 is 1.18 bits per heavy atom. The van der Waals surface area contributed by atoms with Crippen molar-refractivity contribution in [2.24, 2.45) is 0 Å². The van der Waals surface area contributed by atoms with Crippen LogP contribution in [0.2, 0.25) is 0 Å². The molecule has 0 radical (unpaired) electrons. The molecule has 0 saturated carbocycles. The molecule has 2 rings (SSSR count). The first kappa shape index (κ1) is 11.4. The van der Waals surface area contributed by atoms with Crippen LogP contribution >= 0.6 is 0 Å². The first-order valence-corrected chi connectivity index (χ1v) is 5.26. The average molecular weight is 233 g/mol. The number of benzene rings is 1. The van der Waals surface area contributed by atoms with Gasteiger partial charge < -0.3 is 9.73 Å². The molecular formula is C13H12FNO2. The van der Waals surface area contributed by atoms with Gasteiger partial charge in [0.1, 0.15) is 5.82 Å². The topological polar surface area (TPSA) is 42.2 Å². The molecule has 0 aliphatic rings. The van der Waals surface area contributed by atoms with Gasteiger partial charge in [-0.25, -0.2) is 4.39 Å². The maximum Gasteiger partial charge on any atom is 0.224 e. The average Bonchev–Trinajstić information content (AvgIpc) is 2.83. The molecule has 3 nitrogen and oxygen atoms in total. The standard InChI is InChI=1S/C13H12FNO2/c14-12-3-1-10(2-4-12)7-13(16)15-8-11-5-6-17-9-11/h1-6,9H,7-8H2,(H,15,16). The first-order chi connectivity index (χ1) is 8.24. The maximum absolute atomic E-state index is 12.6. The summed E-state index contributed by atoms with van der Waals surface area (Å²) in [6.45, 7) is 0.441. The number of hydrogen-bond donors (Lipinski definition) is 1. The van der Waals surface area contributed by atoms with Crippen LogP contribution in [-0.2, 0) is 17.8 Å². The van der Waals surface area contributed by atoms with Gasteiger partial charge in [0.15, 0.2) is 0 Å². The molecule has 0 unspecified atom stereocenters. The van der Waals surface area contributed by atoms with Crippen molar-refractivity contribution in [3.05, 3.63) is 59.8 Å². The predicted molar refractivity (Wildman–Crippen MR) is 60.7 cm³/mol.